The van der Waals surface area contributed by atoms with E-state index in [0.717, 1.165) is 11.7 Å². The molecule has 0 aliphatic rings. The number of nitrogens with two attached hydrogens (primary N) is 1. The highest BCUT2D eigenvalue weighted by molar-refractivity contribution is 7.13. The molecule has 0 amide bonds. The Balaban J connectivity index is 2.27. The standard InChI is InChI=1S/C8H15N3S/c1-6(2)7(9)5-11-8-10-3-4-12-8/h3-4,6-7H,5,9H2,1-2H3,(H,10,11). The number of hydrogen-bond donors (Lipinski definition) is 2. The monoisotopic (exact) mass is 185 g/mol. The van der Waals surface area contributed by atoms with E-state index in [2.05, 4.69) is 24.1 Å². The van der Waals surface area contributed by atoms with Crippen LogP contribution in [-0.4, -0.2) is 17.6 Å². The largest absolute Gasteiger partial charge is 0.360 e. The maximum absolute atomic E-state index is 5.85. The van der Waals surface area contributed by atoms with E-state index >= 15 is 0 Å². The van der Waals surface area contributed by atoms with E-state index in [0.29, 0.717) is 5.92 Å². The predicted molar refractivity (Wildman–Crippen MR) is 53.4 cm³/mol. The van der Waals surface area contributed by atoms with Gasteiger partial charge in [0.25, 0.3) is 0 Å². The van der Waals surface area contributed by atoms with Gasteiger partial charge in [-0.15, -0.1) is 11.3 Å². The summed E-state index contributed by atoms with van der Waals surface area (Å²) in [4.78, 5) is 4.10. The molecule has 1 atom stereocenters. The molecule has 4 heteroatoms. The zero-order chi connectivity index (χ0) is 8.97. The lowest BCUT2D eigenvalue weighted by atomic mass is 10.1. The summed E-state index contributed by atoms with van der Waals surface area (Å²) in [5, 5.41) is 6.09. The molecule has 12 heavy (non-hydrogen) atoms. The van der Waals surface area contributed by atoms with E-state index in [-0.39, 0.29) is 6.04 Å². The Morgan fingerprint density at radius 2 is 2.42 bits per heavy atom. The first kappa shape index (κ1) is 9.48. The van der Waals surface area contributed by atoms with Crippen LogP contribution in [0.3, 0.4) is 0 Å². The van der Waals surface area contributed by atoms with Gasteiger partial charge in [0, 0.05) is 24.2 Å². The van der Waals surface area contributed by atoms with E-state index in [1.165, 1.54) is 0 Å². The molecule has 0 fully saturated rings. The average Bonchev–Trinajstić information content (AvgIpc) is 2.51. The number of hydrogen-bond acceptors (Lipinski definition) is 4. The van der Waals surface area contributed by atoms with Crippen LogP contribution in [0, 0.1) is 5.92 Å². The molecule has 3 N–H and O–H groups in total. The summed E-state index contributed by atoms with van der Waals surface area (Å²) < 4.78 is 0. The van der Waals surface area contributed by atoms with Crippen LogP contribution in [0.15, 0.2) is 11.6 Å². The summed E-state index contributed by atoms with van der Waals surface area (Å²) in [5.74, 6) is 0.512. The van der Waals surface area contributed by atoms with Crippen molar-refractivity contribution in [3.8, 4) is 0 Å². The SMILES string of the molecule is CC(C)C(N)CNc1nccs1. The van der Waals surface area contributed by atoms with Crippen molar-refractivity contribution in [3.05, 3.63) is 11.6 Å². The number of nitrogens with one attached hydrogen (secondary N) is 1. The molecule has 1 unspecified atom stereocenters. The molecule has 0 radical (unpaired) electrons. The normalized spacial score (nSPS) is 13.3. The van der Waals surface area contributed by atoms with Crippen molar-refractivity contribution < 1.29 is 0 Å². The first-order valence-electron chi connectivity index (χ1n) is 4.09. The van der Waals surface area contributed by atoms with Gasteiger partial charge in [-0.1, -0.05) is 13.8 Å². The molecule has 0 aromatic carbocycles. The summed E-state index contributed by atoms with van der Waals surface area (Å²) in [6.45, 7) is 5.04. The molecule has 0 saturated heterocycles. The summed E-state index contributed by atoms with van der Waals surface area (Å²) in [7, 11) is 0. The van der Waals surface area contributed by atoms with Gasteiger partial charge in [-0.25, -0.2) is 4.98 Å². The third kappa shape index (κ3) is 2.79. The second-order valence-corrected chi connectivity index (χ2v) is 4.02. The van der Waals surface area contributed by atoms with Gasteiger partial charge in [0.05, 0.1) is 0 Å². The summed E-state index contributed by atoms with van der Waals surface area (Å²) in [6, 6.07) is 0.203. The molecule has 0 spiro atoms. The molecule has 1 heterocycles. The fraction of sp³-hybridized carbons (Fsp3) is 0.625. The Kier molecular flexibility index (Phi) is 3.49. The van der Waals surface area contributed by atoms with Crippen LogP contribution < -0.4 is 11.1 Å². The van der Waals surface area contributed by atoms with Crippen LogP contribution in [0.5, 0.6) is 0 Å². The highest BCUT2D eigenvalue weighted by Gasteiger charge is 2.06. The summed E-state index contributed by atoms with van der Waals surface area (Å²) >= 11 is 1.60. The molecule has 3 nitrogen and oxygen atoms in total. The van der Waals surface area contributed by atoms with Crippen molar-refractivity contribution >= 4 is 16.5 Å². The summed E-state index contributed by atoms with van der Waals surface area (Å²) in [5.41, 5.74) is 5.85. The molecular weight excluding hydrogens is 170 g/mol. The van der Waals surface area contributed by atoms with Crippen LogP contribution in [0.1, 0.15) is 13.8 Å². The van der Waals surface area contributed by atoms with Gasteiger partial charge >= 0.3 is 0 Å². The third-order valence-electron chi connectivity index (χ3n) is 1.78. The van der Waals surface area contributed by atoms with Crippen molar-refractivity contribution in [3.63, 3.8) is 0 Å². The van der Waals surface area contributed by atoms with Gasteiger partial charge in [0.1, 0.15) is 0 Å². The molecule has 1 rings (SSSR count). The zero-order valence-corrected chi connectivity index (χ0v) is 8.27. The van der Waals surface area contributed by atoms with Gasteiger partial charge in [0.2, 0.25) is 0 Å². The van der Waals surface area contributed by atoms with Crippen LogP contribution in [0.2, 0.25) is 0 Å². The zero-order valence-electron chi connectivity index (χ0n) is 7.45. The maximum Gasteiger partial charge on any atom is 0.182 e. The average molecular weight is 185 g/mol. The molecule has 0 aliphatic heterocycles. The Bertz CT molecular complexity index is 208. The minimum Gasteiger partial charge on any atom is -0.360 e. The fourth-order valence-electron chi connectivity index (χ4n) is 0.752. The molecular formula is C8H15N3S. The van der Waals surface area contributed by atoms with Crippen LogP contribution in [-0.2, 0) is 0 Å². The number of nitrogens with zero attached hydrogens (tertiary/aromatic N) is 1. The molecule has 0 saturated carbocycles. The lowest BCUT2D eigenvalue weighted by Crippen LogP contribution is -2.33. The Morgan fingerprint density at radius 3 is 2.92 bits per heavy atom. The van der Waals surface area contributed by atoms with E-state index in [1.54, 1.807) is 17.5 Å². The van der Waals surface area contributed by atoms with Crippen molar-refractivity contribution in [2.75, 3.05) is 11.9 Å². The Hall–Kier alpha value is -0.610. The lowest BCUT2D eigenvalue weighted by molar-refractivity contribution is 0.511. The highest BCUT2D eigenvalue weighted by Crippen LogP contribution is 2.10. The number of aromatic nitrogens is 1. The van der Waals surface area contributed by atoms with Gasteiger partial charge in [-0.05, 0) is 5.92 Å². The Labute approximate surface area is 77.0 Å². The van der Waals surface area contributed by atoms with Gasteiger partial charge in [-0.2, -0.15) is 0 Å². The van der Waals surface area contributed by atoms with Crippen molar-refractivity contribution in [2.45, 2.75) is 19.9 Å². The van der Waals surface area contributed by atoms with E-state index in [4.69, 9.17) is 5.73 Å². The number of rotatable bonds is 4. The molecule has 0 aliphatic carbocycles. The molecule has 1 aromatic rings. The van der Waals surface area contributed by atoms with Gasteiger partial charge in [0.15, 0.2) is 5.13 Å². The van der Waals surface area contributed by atoms with Crippen molar-refractivity contribution in [1.29, 1.82) is 0 Å². The fourth-order valence-corrected chi connectivity index (χ4v) is 1.29. The predicted octanol–water partition coefficient (Wildman–Crippen LogP) is 1.54. The second-order valence-electron chi connectivity index (χ2n) is 3.13. The molecule has 68 valence electrons. The molecule has 0 bridgehead atoms. The molecule has 1 aromatic heterocycles. The van der Waals surface area contributed by atoms with Crippen molar-refractivity contribution in [2.24, 2.45) is 11.7 Å². The van der Waals surface area contributed by atoms with Crippen LogP contribution in [0.4, 0.5) is 5.13 Å². The minimum atomic E-state index is 0.203. The number of thiazole rings is 1. The van der Waals surface area contributed by atoms with Gasteiger partial charge < -0.3 is 11.1 Å². The first-order chi connectivity index (χ1) is 5.70. The smallest absolute Gasteiger partial charge is 0.182 e. The Morgan fingerprint density at radius 1 is 1.67 bits per heavy atom. The number of anilines is 1. The topological polar surface area (TPSA) is 50.9 Å². The quantitative estimate of drug-likeness (QED) is 0.748. The minimum absolute atomic E-state index is 0.203. The van der Waals surface area contributed by atoms with E-state index < -0.39 is 0 Å². The van der Waals surface area contributed by atoms with Crippen LogP contribution in [0.25, 0.3) is 0 Å². The second kappa shape index (κ2) is 4.42. The maximum atomic E-state index is 5.85. The third-order valence-corrected chi connectivity index (χ3v) is 2.51. The van der Waals surface area contributed by atoms with Crippen molar-refractivity contribution in [1.82, 2.24) is 4.98 Å². The first-order valence-corrected chi connectivity index (χ1v) is 4.97. The highest BCUT2D eigenvalue weighted by atomic mass is 32.1. The lowest BCUT2D eigenvalue weighted by Gasteiger charge is -2.15. The van der Waals surface area contributed by atoms with E-state index in [9.17, 15) is 0 Å². The van der Waals surface area contributed by atoms with Gasteiger partial charge in [-0.3, -0.25) is 0 Å². The summed E-state index contributed by atoms with van der Waals surface area (Å²) in [6.07, 6.45) is 1.79. The van der Waals surface area contributed by atoms with Crippen LogP contribution >= 0.6 is 11.3 Å². The van der Waals surface area contributed by atoms with E-state index in [1.807, 2.05) is 5.38 Å².